The van der Waals surface area contributed by atoms with Crippen LogP contribution in [0.3, 0.4) is 0 Å². The van der Waals surface area contributed by atoms with Crippen molar-refractivity contribution in [2.75, 3.05) is 13.2 Å². The number of carbonyl (C=O) groups is 2. The fourth-order valence-corrected chi connectivity index (χ4v) is 3.31. The monoisotopic (exact) mass is 372 g/mol. The Balaban J connectivity index is 1.85. The van der Waals surface area contributed by atoms with Gasteiger partial charge in [-0.2, -0.15) is 0 Å². The van der Waals surface area contributed by atoms with Crippen molar-refractivity contribution in [2.24, 2.45) is 23.3 Å². The number of nitrogens with two attached hydrogens (primary N) is 2. The maximum atomic E-state index is 12.1. The van der Waals surface area contributed by atoms with Gasteiger partial charge in [-0.1, -0.05) is 27.7 Å². The smallest absolute Gasteiger partial charge is 0.323 e. The second-order valence-electron chi connectivity index (χ2n) is 8.02. The molecule has 8 nitrogen and oxygen atoms in total. The Morgan fingerprint density at radius 1 is 0.846 bits per heavy atom. The lowest BCUT2D eigenvalue weighted by Gasteiger charge is -2.20. The van der Waals surface area contributed by atoms with Gasteiger partial charge in [-0.3, -0.25) is 9.59 Å². The Bertz CT molecular complexity index is 454. The maximum Gasteiger partial charge on any atom is 0.323 e. The zero-order chi connectivity index (χ0) is 19.4. The molecule has 0 aromatic rings. The molecule has 2 fully saturated rings. The predicted octanol–water partition coefficient (Wildman–Crippen LogP) is 0.354. The lowest BCUT2D eigenvalue weighted by atomic mass is 10.0. The number of esters is 2. The van der Waals surface area contributed by atoms with Gasteiger partial charge in [0, 0.05) is 0 Å². The fourth-order valence-electron chi connectivity index (χ4n) is 3.31. The highest BCUT2D eigenvalue weighted by molar-refractivity contribution is 5.76. The molecule has 0 aromatic carbocycles. The summed E-state index contributed by atoms with van der Waals surface area (Å²) in [6.07, 6.45) is -0.892. The molecular weight excluding hydrogens is 340 g/mol. The Morgan fingerprint density at radius 3 is 1.50 bits per heavy atom. The van der Waals surface area contributed by atoms with Crippen LogP contribution in [0.15, 0.2) is 0 Å². The average Bonchev–Trinajstić information content (AvgIpc) is 3.09. The summed E-state index contributed by atoms with van der Waals surface area (Å²) < 4.78 is 22.3. The molecule has 0 amide bonds. The summed E-state index contributed by atoms with van der Waals surface area (Å²) in [5.74, 6) is -0.328. The quantitative estimate of drug-likeness (QED) is 0.585. The summed E-state index contributed by atoms with van der Waals surface area (Å²) in [6.45, 7) is 8.36. The Morgan fingerprint density at radius 2 is 1.19 bits per heavy atom. The van der Waals surface area contributed by atoms with Crippen molar-refractivity contribution in [2.45, 2.75) is 77.0 Å². The molecule has 2 aliphatic rings. The number of rotatable bonds is 8. The summed E-state index contributed by atoms with van der Waals surface area (Å²) >= 11 is 0. The van der Waals surface area contributed by atoms with E-state index in [-0.39, 0.29) is 13.2 Å². The number of ether oxygens (including phenoxy) is 4. The molecule has 0 aliphatic carbocycles. The second-order valence-corrected chi connectivity index (χ2v) is 8.02. The molecule has 0 saturated carbocycles. The van der Waals surface area contributed by atoms with Crippen LogP contribution in [0.1, 0.15) is 40.5 Å². The van der Waals surface area contributed by atoms with Crippen LogP contribution in [0.5, 0.6) is 0 Å². The van der Waals surface area contributed by atoms with E-state index in [2.05, 4.69) is 0 Å². The van der Waals surface area contributed by atoms with Gasteiger partial charge in [-0.05, 0) is 24.7 Å². The molecule has 6 atom stereocenters. The number of carbonyl (C=O) groups excluding carboxylic acids is 2. The molecule has 4 N–H and O–H groups in total. The first-order valence-corrected chi connectivity index (χ1v) is 9.34. The molecule has 26 heavy (non-hydrogen) atoms. The first-order valence-electron chi connectivity index (χ1n) is 9.34. The second kappa shape index (κ2) is 9.12. The first-order chi connectivity index (χ1) is 12.2. The molecule has 0 aromatic heterocycles. The van der Waals surface area contributed by atoms with Crippen molar-refractivity contribution in [1.82, 2.24) is 0 Å². The minimum absolute atomic E-state index is 0.196. The summed E-state index contributed by atoms with van der Waals surface area (Å²) in [7, 11) is 0. The lowest BCUT2D eigenvalue weighted by Crippen LogP contribution is -2.42. The molecule has 0 radical (unpaired) electrons. The molecule has 2 saturated heterocycles. The van der Waals surface area contributed by atoms with Gasteiger partial charge in [0.2, 0.25) is 0 Å². The van der Waals surface area contributed by atoms with Crippen LogP contribution in [-0.2, 0) is 28.5 Å². The zero-order valence-electron chi connectivity index (χ0n) is 16.1. The SMILES string of the molecule is CC(C)C[C@H](N)C(=O)O[C@H]1CO[C@H]2[C@@H]1OC[C@H]2OC(=O)[C@@H](N)CC(C)C. The molecule has 0 unspecified atom stereocenters. The van der Waals surface area contributed by atoms with Crippen molar-refractivity contribution in [3.8, 4) is 0 Å². The normalized spacial score (nSPS) is 30.3. The molecule has 0 spiro atoms. The predicted molar refractivity (Wildman–Crippen MR) is 94.1 cm³/mol. The maximum absolute atomic E-state index is 12.1. The van der Waals surface area contributed by atoms with E-state index in [1.165, 1.54) is 0 Å². The lowest BCUT2D eigenvalue weighted by molar-refractivity contribution is -0.157. The zero-order valence-corrected chi connectivity index (χ0v) is 16.1. The molecule has 150 valence electrons. The molecule has 8 heteroatoms. The van der Waals surface area contributed by atoms with Crippen LogP contribution < -0.4 is 11.5 Å². The Hall–Kier alpha value is -1.22. The van der Waals surface area contributed by atoms with Gasteiger partial charge in [0.1, 0.15) is 24.3 Å². The average molecular weight is 372 g/mol. The van der Waals surface area contributed by atoms with Gasteiger partial charge in [-0.15, -0.1) is 0 Å². The number of hydrogen-bond donors (Lipinski definition) is 2. The molecule has 2 aliphatic heterocycles. The van der Waals surface area contributed by atoms with E-state index in [0.29, 0.717) is 24.7 Å². The summed E-state index contributed by atoms with van der Waals surface area (Å²) in [5, 5.41) is 0. The van der Waals surface area contributed by atoms with Crippen molar-refractivity contribution >= 4 is 11.9 Å². The van der Waals surface area contributed by atoms with Crippen LogP contribution in [0.4, 0.5) is 0 Å². The first kappa shape index (κ1) is 21.1. The summed E-state index contributed by atoms with van der Waals surface area (Å²) in [6, 6.07) is -1.34. The number of hydrogen-bond acceptors (Lipinski definition) is 8. The third-order valence-corrected chi connectivity index (χ3v) is 4.55. The van der Waals surface area contributed by atoms with E-state index in [4.69, 9.17) is 30.4 Å². The number of fused-ring (bicyclic) bond motifs is 1. The van der Waals surface area contributed by atoms with E-state index in [0.717, 1.165) is 0 Å². The molecule has 2 rings (SSSR count). The van der Waals surface area contributed by atoms with Crippen LogP contribution in [0.25, 0.3) is 0 Å². The molecule has 0 bridgehead atoms. The Kier molecular flexibility index (Phi) is 7.40. The highest BCUT2D eigenvalue weighted by Crippen LogP contribution is 2.31. The van der Waals surface area contributed by atoms with Gasteiger partial charge >= 0.3 is 11.9 Å². The van der Waals surface area contributed by atoms with Gasteiger partial charge < -0.3 is 30.4 Å². The highest BCUT2D eigenvalue weighted by atomic mass is 16.7. The fraction of sp³-hybridized carbons (Fsp3) is 0.889. The van der Waals surface area contributed by atoms with E-state index in [9.17, 15) is 9.59 Å². The van der Waals surface area contributed by atoms with Gasteiger partial charge in [0.05, 0.1) is 13.2 Å². The van der Waals surface area contributed by atoms with Crippen LogP contribution in [-0.4, -0.2) is 61.7 Å². The van der Waals surface area contributed by atoms with E-state index >= 15 is 0 Å². The minimum atomic E-state index is -0.668. The van der Waals surface area contributed by atoms with Crippen LogP contribution in [0.2, 0.25) is 0 Å². The molecular formula is C18H32N2O6. The topological polar surface area (TPSA) is 123 Å². The van der Waals surface area contributed by atoms with E-state index in [1.807, 2.05) is 27.7 Å². The molecule has 2 heterocycles. The standard InChI is InChI=1S/C18H32N2O6/c1-9(2)5-11(19)17(21)25-13-7-23-16-14(8-24-15(13)16)26-18(22)12(20)6-10(3)4/h9-16H,5-8,19-20H2,1-4H3/t11-,12-,13-,14+,15+,16+/m0/s1. The van der Waals surface area contributed by atoms with Gasteiger partial charge in [0.15, 0.2) is 12.2 Å². The van der Waals surface area contributed by atoms with E-state index in [1.54, 1.807) is 0 Å². The van der Waals surface area contributed by atoms with Gasteiger partial charge in [0.25, 0.3) is 0 Å². The van der Waals surface area contributed by atoms with E-state index < -0.39 is 48.4 Å². The van der Waals surface area contributed by atoms with Crippen LogP contribution >= 0.6 is 0 Å². The Labute approximate surface area is 154 Å². The van der Waals surface area contributed by atoms with Crippen LogP contribution in [0, 0.1) is 11.8 Å². The van der Waals surface area contributed by atoms with Gasteiger partial charge in [-0.25, -0.2) is 0 Å². The minimum Gasteiger partial charge on any atom is -0.456 e. The van der Waals surface area contributed by atoms with Crippen molar-refractivity contribution in [3.63, 3.8) is 0 Å². The highest BCUT2D eigenvalue weighted by Gasteiger charge is 2.51. The van der Waals surface area contributed by atoms with Crippen molar-refractivity contribution in [1.29, 1.82) is 0 Å². The third-order valence-electron chi connectivity index (χ3n) is 4.55. The third kappa shape index (κ3) is 5.39. The summed E-state index contributed by atoms with van der Waals surface area (Å²) in [4.78, 5) is 24.2. The summed E-state index contributed by atoms with van der Waals surface area (Å²) in [5.41, 5.74) is 11.7. The largest absolute Gasteiger partial charge is 0.456 e. The van der Waals surface area contributed by atoms with Crippen molar-refractivity contribution in [3.05, 3.63) is 0 Å². The van der Waals surface area contributed by atoms with Crippen molar-refractivity contribution < 1.29 is 28.5 Å².